The number of hydrogen-bond acceptors (Lipinski definition) is 5. The quantitative estimate of drug-likeness (QED) is 0.373. The molecule has 2 rings (SSSR count). The molecular formula is C16H11Br2F2NO4. The van der Waals surface area contributed by atoms with Crippen LogP contribution in [0.2, 0.25) is 0 Å². The van der Waals surface area contributed by atoms with Crippen molar-refractivity contribution in [2.45, 2.75) is 0 Å². The first-order valence-corrected chi connectivity index (χ1v) is 8.30. The lowest BCUT2D eigenvalue weighted by Crippen LogP contribution is -2.27. The van der Waals surface area contributed by atoms with E-state index >= 15 is 0 Å². The zero-order valence-electron chi connectivity index (χ0n) is 13.0. The number of anilines is 1. The Morgan fingerprint density at radius 3 is 2.28 bits per heavy atom. The van der Waals surface area contributed by atoms with Crippen molar-refractivity contribution in [3.63, 3.8) is 0 Å². The molecule has 0 fully saturated rings. The third-order valence-electron chi connectivity index (χ3n) is 3.23. The third kappa shape index (κ3) is 3.67. The molecule has 0 amide bonds. The van der Waals surface area contributed by atoms with E-state index in [9.17, 15) is 18.4 Å². The van der Waals surface area contributed by atoms with Crippen molar-refractivity contribution < 1.29 is 27.8 Å². The van der Waals surface area contributed by atoms with Gasteiger partial charge in [-0.1, -0.05) is 6.08 Å². The highest BCUT2D eigenvalue weighted by Gasteiger charge is 2.30. The number of rotatable bonds is 3. The topological polar surface area (TPSA) is 55.8 Å². The van der Waals surface area contributed by atoms with Crippen molar-refractivity contribution >= 4 is 49.5 Å². The number of nitrogens with zero attached hydrogens (tertiary/aromatic N) is 1. The van der Waals surface area contributed by atoms with Gasteiger partial charge in [-0.3, -0.25) is 0 Å². The third-order valence-corrected chi connectivity index (χ3v) is 4.71. The predicted molar refractivity (Wildman–Crippen MR) is 93.6 cm³/mol. The molecule has 25 heavy (non-hydrogen) atoms. The lowest BCUT2D eigenvalue weighted by atomic mass is 10.1. The summed E-state index contributed by atoms with van der Waals surface area (Å²) in [6.45, 7) is 0. The van der Waals surface area contributed by atoms with Crippen LogP contribution in [0.1, 0.15) is 0 Å². The summed E-state index contributed by atoms with van der Waals surface area (Å²) in [6.07, 6.45) is 5.68. The van der Waals surface area contributed by atoms with Crippen LogP contribution in [0.5, 0.6) is 0 Å². The summed E-state index contributed by atoms with van der Waals surface area (Å²) in [5, 5.41) is 0. The van der Waals surface area contributed by atoms with Crippen molar-refractivity contribution in [2.75, 3.05) is 19.1 Å². The molecule has 0 aliphatic carbocycles. The largest absolute Gasteiger partial charge is 0.465 e. The van der Waals surface area contributed by atoms with Gasteiger partial charge in [0.15, 0.2) is 5.82 Å². The summed E-state index contributed by atoms with van der Waals surface area (Å²) in [4.78, 5) is 25.5. The van der Waals surface area contributed by atoms with E-state index in [1.807, 2.05) is 0 Å². The normalized spacial score (nSPS) is 13.8. The number of ether oxygens (including phenoxy) is 2. The van der Waals surface area contributed by atoms with E-state index in [2.05, 4.69) is 36.6 Å². The van der Waals surface area contributed by atoms with Gasteiger partial charge in [-0.25, -0.2) is 18.4 Å². The van der Waals surface area contributed by atoms with Crippen LogP contribution >= 0.6 is 31.9 Å². The maximum absolute atomic E-state index is 14.2. The van der Waals surface area contributed by atoms with Crippen LogP contribution in [0, 0.1) is 11.6 Å². The Balaban J connectivity index is 2.78. The fraction of sp³-hybridized carbons (Fsp3) is 0.125. The van der Waals surface area contributed by atoms with Crippen molar-refractivity contribution in [1.82, 2.24) is 0 Å². The minimum Gasteiger partial charge on any atom is -0.465 e. The second-order valence-electron chi connectivity index (χ2n) is 4.64. The summed E-state index contributed by atoms with van der Waals surface area (Å²) in [5.41, 5.74) is -0.420. The van der Waals surface area contributed by atoms with Gasteiger partial charge in [-0.05, 0) is 44.0 Å². The lowest BCUT2D eigenvalue weighted by Gasteiger charge is -2.24. The van der Waals surface area contributed by atoms with E-state index in [4.69, 9.17) is 4.74 Å². The Hall–Kier alpha value is -2.00. The molecule has 1 aliphatic heterocycles. The van der Waals surface area contributed by atoms with Crippen LogP contribution in [-0.4, -0.2) is 26.2 Å². The Morgan fingerprint density at radius 2 is 1.68 bits per heavy atom. The average Bonchev–Trinajstić information content (AvgIpc) is 2.84. The Morgan fingerprint density at radius 1 is 1.04 bits per heavy atom. The van der Waals surface area contributed by atoms with Crippen LogP contribution in [0.15, 0.2) is 50.7 Å². The molecule has 0 radical (unpaired) electrons. The molecule has 1 heterocycles. The van der Waals surface area contributed by atoms with E-state index in [1.165, 1.54) is 24.4 Å². The Bertz CT molecular complexity index is 834. The van der Waals surface area contributed by atoms with Gasteiger partial charge < -0.3 is 14.4 Å². The van der Waals surface area contributed by atoms with Crippen molar-refractivity contribution in [1.29, 1.82) is 0 Å². The van der Waals surface area contributed by atoms with Gasteiger partial charge in [0, 0.05) is 12.3 Å². The first-order valence-electron chi connectivity index (χ1n) is 6.71. The van der Waals surface area contributed by atoms with E-state index < -0.39 is 23.6 Å². The van der Waals surface area contributed by atoms with Crippen LogP contribution in [-0.2, 0) is 19.1 Å². The molecular weight excluding hydrogens is 468 g/mol. The van der Waals surface area contributed by atoms with Gasteiger partial charge >= 0.3 is 11.9 Å². The van der Waals surface area contributed by atoms with Crippen molar-refractivity contribution in [2.24, 2.45) is 0 Å². The molecule has 9 heteroatoms. The summed E-state index contributed by atoms with van der Waals surface area (Å²) in [7, 11) is 2.27. The number of benzene rings is 1. The zero-order valence-corrected chi connectivity index (χ0v) is 16.2. The van der Waals surface area contributed by atoms with Gasteiger partial charge in [0.2, 0.25) is 0 Å². The number of allylic oxidation sites excluding steroid dienone is 2. The average molecular weight is 479 g/mol. The van der Waals surface area contributed by atoms with Crippen molar-refractivity contribution in [3.8, 4) is 0 Å². The minimum absolute atomic E-state index is 0.0417. The van der Waals surface area contributed by atoms with Crippen LogP contribution in [0.25, 0.3) is 0 Å². The Kier molecular flexibility index (Phi) is 6.12. The second kappa shape index (κ2) is 7.92. The molecule has 0 bridgehead atoms. The van der Waals surface area contributed by atoms with Crippen molar-refractivity contribution in [3.05, 3.63) is 62.3 Å². The van der Waals surface area contributed by atoms with Gasteiger partial charge in [0.1, 0.15) is 11.5 Å². The number of carbonyl (C=O) groups excluding carboxylic acids is 2. The summed E-state index contributed by atoms with van der Waals surface area (Å²) in [6, 6.07) is 1.00. The molecule has 5 nitrogen and oxygen atoms in total. The Labute approximate surface area is 158 Å². The monoisotopic (exact) mass is 477 g/mol. The molecule has 0 saturated heterocycles. The molecule has 1 aromatic carbocycles. The molecule has 1 aromatic rings. The maximum Gasteiger partial charge on any atom is 0.355 e. The number of halogens is 4. The molecule has 132 valence electrons. The first-order chi connectivity index (χ1) is 11.8. The fourth-order valence-corrected chi connectivity index (χ4v) is 3.17. The van der Waals surface area contributed by atoms with Gasteiger partial charge in [-0.2, -0.15) is 0 Å². The predicted octanol–water partition coefficient (Wildman–Crippen LogP) is 3.98. The highest BCUT2D eigenvalue weighted by atomic mass is 79.9. The van der Waals surface area contributed by atoms with E-state index in [1.54, 1.807) is 0 Å². The van der Waals surface area contributed by atoms with Gasteiger partial charge in [-0.15, -0.1) is 0 Å². The molecule has 0 aromatic heterocycles. The number of esters is 2. The SMILES string of the molecule is COC(=O)C1=C(C(=O)OC)N(c2cc(F)c(Br)c(F)c2Br)C=CC=C1. The fourth-order valence-electron chi connectivity index (χ4n) is 2.09. The number of carbonyl (C=O) groups is 2. The summed E-state index contributed by atoms with van der Waals surface area (Å²) >= 11 is 5.84. The first kappa shape index (κ1) is 19.3. The maximum atomic E-state index is 14.2. The van der Waals surface area contributed by atoms with Crippen LogP contribution < -0.4 is 4.90 Å². The molecule has 0 N–H and O–H groups in total. The lowest BCUT2D eigenvalue weighted by molar-refractivity contribution is -0.139. The van der Waals surface area contributed by atoms with E-state index in [-0.39, 0.29) is 25.9 Å². The molecule has 0 atom stereocenters. The summed E-state index contributed by atoms with van der Waals surface area (Å²) < 4.78 is 37.1. The van der Waals surface area contributed by atoms with Crippen LogP contribution in [0.3, 0.4) is 0 Å². The van der Waals surface area contributed by atoms with E-state index in [0.717, 1.165) is 25.2 Å². The molecule has 0 unspecified atom stereocenters. The van der Waals surface area contributed by atoms with Crippen LogP contribution in [0.4, 0.5) is 14.5 Å². The van der Waals surface area contributed by atoms with E-state index in [0.29, 0.717) is 0 Å². The smallest absolute Gasteiger partial charge is 0.355 e. The molecule has 0 spiro atoms. The molecule has 1 aliphatic rings. The highest BCUT2D eigenvalue weighted by molar-refractivity contribution is 9.11. The summed E-state index contributed by atoms with van der Waals surface area (Å²) in [5.74, 6) is -3.47. The number of methoxy groups -OCH3 is 2. The van der Waals surface area contributed by atoms with Gasteiger partial charge in [0.05, 0.1) is 34.4 Å². The van der Waals surface area contributed by atoms with Gasteiger partial charge in [0.25, 0.3) is 0 Å². The second-order valence-corrected chi connectivity index (χ2v) is 6.22. The minimum atomic E-state index is -0.899. The number of hydrogen-bond donors (Lipinski definition) is 0. The highest BCUT2D eigenvalue weighted by Crippen LogP contribution is 2.38. The molecule has 0 saturated carbocycles. The standard InChI is InChI=1S/C16H11Br2F2NO4/c1-24-15(22)8-5-3-4-6-21(14(8)16(23)25-2)10-7-9(19)11(17)13(20)12(10)18/h3-7H,1-2H3. The zero-order chi connectivity index (χ0) is 18.7.